The second-order valence-electron chi connectivity index (χ2n) is 10.1. The first kappa shape index (κ1) is 26.0. The van der Waals surface area contributed by atoms with Crippen LogP contribution in [-0.4, -0.2) is 35.4 Å². The van der Waals surface area contributed by atoms with Crippen LogP contribution >= 0.6 is 0 Å². The van der Waals surface area contributed by atoms with Crippen molar-refractivity contribution in [1.82, 2.24) is 4.90 Å². The van der Waals surface area contributed by atoms with Gasteiger partial charge >= 0.3 is 0 Å². The number of aliphatic hydroxyl groups excluding tert-OH is 1. The third kappa shape index (κ3) is 5.38. The van der Waals surface area contributed by atoms with Crippen molar-refractivity contribution < 1.29 is 24.2 Å². The molecule has 3 aromatic carbocycles. The Morgan fingerprint density at radius 3 is 2.22 bits per heavy atom. The van der Waals surface area contributed by atoms with Crippen LogP contribution in [0.15, 0.2) is 78.4 Å². The number of amides is 1. The van der Waals surface area contributed by atoms with E-state index in [9.17, 15) is 14.7 Å². The second kappa shape index (κ2) is 10.5. The molecule has 0 radical (unpaired) electrons. The van der Waals surface area contributed by atoms with Crippen LogP contribution in [0, 0.1) is 0 Å². The smallest absolute Gasteiger partial charge is 0.295 e. The Bertz CT molecular complexity index is 1320. The Labute approximate surface area is 218 Å². The first-order valence-corrected chi connectivity index (χ1v) is 12.4. The van der Waals surface area contributed by atoms with Gasteiger partial charge in [0.2, 0.25) is 0 Å². The van der Waals surface area contributed by atoms with Gasteiger partial charge in [-0.2, -0.15) is 0 Å². The van der Waals surface area contributed by atoms with Gasteiger partial charge < -0.3 is 19.5 Å². The lowest BCUT2D eigenvalue weighted by Gasteiger charge is -2.26. The summed E-state index contributed by atoms with van der Waals surface area (Å²) < 4.78 is 10.8. The number of rotatable bonds is 7. The highest BCUT2D eigenvalue weighted by molar-refractivity contribution is 6.46. The summed E-state index contributed by atoms with van der Waals surface area (Å²) in [5, 5.41) is 11.3. The highest BCUT2D eigenvalue weighted by atomic mass is 16.5. The molecule has 1 N–H and O–H groups in total. The number of ether oxygens (including phenoxy) is 2. The number of nitrogens with zero attached hydrogens (tertiary/aromatic N) is 1. The Balaban J connectivity index is 1.81. The van der Waals surface area contributed by atoms with Gasteiger partial charge in [-0.1, -0.05) is 69.3 Å². The number of likely N-dealkylation sites (tertiary alicyclic amines) is 1. The van der Waals surface area contributed by atoms with Crippen LogP contribution in [0.2, 0.25) is 0 Å². The lowest BCUT2D eigenvalue weighted by atomic mass is 9.85. The van der Waals surface area contributed by atoms with E-state index in [1.165, 1.54) is 12.0 Å². The molecular weight excluding hydrogens is 466 g/mol. The number of carbonyl (C=O) groups is 2. The summed E-state index contributed by atoms with van der Waals surface area (Å²) in [6.45, 7) is 9.06. The zero-order valence-electron chi connectivity index (χ0n) is 21.9. The van der Waals surface area contributed by atoms with Crippen molar-refractivity contribution in [3.63, 3.8) is 0 Å². The Morgan fingerprint density at radius 1 is 0.946 bits per heavy atom. The maximum absolute atomic E-state index is 13.4. The summed E-state index contributed by atoms with van der Waals surface area (Å²) >= 11 is 0. The highest BCUT2D eigenvalue weighted by Crippen LogP contribution is 2.41. The summed E-state index contributed by atoms with van der Waals surface area (Å²) in [6, 6.07) is 21.4. The Morgan fingerprint density at radius 2 is 1.62 bits per heavy atom. The molecule has 1 aliphatic heterocycles. The molecule has 1 aliphatic rings. The summed E-state index contributed by atoms with van der Waals surface area (Å²) in [6.07, 6.45) is 0. The van der Waals surface area contributed by atoms with Gasteiger partial charge in [-0.15, -0.1) is 0 Å². The van der Waals surface area contributed by atoms with Gasteiger partial charge in [0.15, 0.2) is 0 Å². The van der Waals surface area contributed by atoms with Crippen molar-refractivity contribution in [1.29, 1.82) is 0 Å². The zero-order chi connectivity index (χ0) is 26.7. The van der Waals surface area contributed by atoms with Crippen molar-refractivity contribution in [3.05, 3.63) is 101 Å². The molecule has 1 unspecified atom stereocenters. The summed E-state index contributed by atoms with van der Waals surface area (Å²) in [5.41, 5.74) is 3.16. The van der Waals surface area contributed by atoms with Crippen molar-refractivity contribution in [2.75, 3.05) is 13.7 Å². The molecule has 0 aromatic heterocycles. The van der Waals surface area contributed by atoms with E-state index in [2.05, 4.69) is 20.8 Å². The van der Waals surface area contributed by atoms with Crippen LogP contribution in [0.1, 0.15) is 56.0 Å². The lowest BCUT2D eigenvalue weighted by Crippen LogP contribution is -2.29. The van der Waals surface area contributed by atoms with Crippen molar-refractivity contribution >= 4 is 17.4 Å². The van der Waals surface area contributed by atoms with Crippen molar-refractivity contribution in [2.24, 2.45) is 0 Å². The predicted octanol–water partition coefficient (Wildman–Crippen LogP) is 6.01. The molecule has 6 nitrogen and oxygen atoms in total. The molecule has 1 amide bonds. The molecule has 6 heteroatoms. The van der Waals surface area contributed by atoms with Crippen LogP contribution in [0.25, 0.3) is 5.76 Å². The van der Waals surface area contributed by atoms with E-state index in [0.29, 0.717) is 17.9 Å². The van der Waals surface area contributed by atoms with Crippen LogP contribution in [0.3, 0.4) is 0 Å². The molecule has 1 fully saturated rings. The Hall–Kier alpha value is -4.06. The number of hydrogen-bond donors (Lipinski definition) is 1. The van der Waals surface area contributed by atoms with E-state index in [-0.39, 0.29) is 23.3 Å². The van der Waals surface area contributed by atoms with E-state index < -0.39 is 17.7 Å². The molecule has 1 saturated heterocycles. The van der Waals surface area contributed by atoms with E-state index in [1.54, 1.807) is 24.3 Å². The third-order valence-corrected chi connectivity index (χ3v) is 6.56. The van der Waals surface area contributed by atoms with E-state index in [1.807, 2.05) is 55.5 Å². The van der Waals surface area contributed by atoms with Gasteiger partial charge in [-0.3, -0.25) is 9.59 Å². The average molecular weight is 500 g/mol. The molecular formula is C31H33NO5. The number of ketones is 1. The fourth-order valence-electron chi connectivity index (χ4n) is 4.54. The van der Waals surface area contributed by atoms with Crippen LogP contribution in [-0.2, 0) is 21.5 Å². The second-order valence-corrected chi connectivity index (χ2v) is 10.1. The quantitative estimate of drug-likeness (QED) is 0.245. The number of hydrogen-bond acceptors (Lipinski definition) is 5. The van der Waals surface area contributed by atoms with Gasteiger partial charge in [0.25, 0.3) is 11.7 Å². The normalized spacial score (nSPS) is 17.2. The Kier molecular flexibility index (Phi) is 7.39. The standard InChI is InChI=1S/C31H33NO5/c1-6-37-24-16-10-20(11-17-24)19-32-27(21-12-14-23(15-13-21)31(2,3)4)26(29(34)30(32)35)28(33)22-8-7-9-25(18-22)36-5/h7-18,27,33H,6,19H2,1-5H3/b28-26-. The lowest BCUT2D eigenvalue weighted by molar-refractivity contribution is -0.140. The highest BCUT2D eigenvalue weighted by Gasteiger charge is 2.46. The minimum absolute atomic E-state index is 0.0523. The molecule has 0 saturated carbocycles. The molecule has 1 heterocycles. The first-order chi connectivity index (χ1) is 17.6. The molecule has 37 heavy (non-hydrogen) atoms. The van der Waals surface area contributed by atoms with Crippen molar-refractivity contribution in [2.45, 2.75) is 45.7 Å². The number of aliphatic hydroxyl groups is 1. The van der Waals surface area contributed by atoms with Gasteiger partial charge in [0, 0.05) is 12.1 Å². The molecule has 192 valence electrons. The molecule has 3 aromatic rings. The molecule has 4 rings (SSSR count). The van der Waals surface area contributed by atoms with E-state index >= 15 is 0 Å². The topological polar surface area (TPSA) is 76.1 Å². The SMILES string of the molecule is CCOc1ccc(CN2C(=O)C(=O)/C(=C(\O)c3cccc(OC)c3)C2c2ccc(C(C)(C)C)cc2)cc1. The molecule has 1 atom stereocenters. The van der Waals surface area contributed by atoms with Gasteiger partial charge in [-0.05, 0) is 53.3 Å². The van der Waals surface area contributed by atoms with Gasteiger partial charge in [0.05, 0.1) is 25.3 Å². The maximum atomic E-state index is 13.4. The van der Waals surface area contributed by atoms with Crippen molar-refractivity contribution in [3.8, 4) is 11.5 Å². The van der Waals surface area contributed by atoms with Gasteiger partial charge in [-0.25, -0.2) is 0 Å². The van der Waals surface area contributed by atoms with Gasteiger partial charge in [0.1, 0.15) is 17.3 Å². The third-order valence-electron chi connectivity index (χ3n) is 6.56. The average Bonchev–Trinajstić information content (AvgIpc) is 3.14. The fraction of sp³-hybridized carbons (Fsp3) is 0.290. The summed E-state index contributed by atoms with van der Waals surface area (Å²) in [7, 11) is 1.53. The molecule has 0 bridgehead atoms. The largest absolute Gasteiger partial charge is 0.507 e. The first-order valence-electron chi connectivity index (χ1n) is 12.4. The predicted molar refractivity (Wildman–Crippen MR) is 144 cm³/mol. The number of carbonyl (C=O) groups excluding carboxylic acids is 2. The number of methoxy groups -OCH3 is 1. The minimum Gasteiger partial charge on any atom is -0.507 e. The van der Waals surface area contributed by atoms with Crippen LogP contribution < -0.4 is 9.47 Å². The minimum atomic E-state index is -0.744. The zero-order valence-corrected chi connectivity index (χ0v) is 21.9. The monoisotopic (exact) mass is 499 g/mol. The summed E-state index contributed by atoms with van der Waals surface area (Å²) in [4.78, 5) is 28.2. The van der Waals surface area contributed by atoms with Crippen LogP contribution in [0.4, 0.5) is 0 Å². The molecule has 0 spiro atoms. The summed E-state index contributed by atoms with van der Waals surface area (Å²) in [5.74, 6) is -0.310. The van der Waals surface area contributed by atoms with E-state index in [0.717, 1.165) is 22.4 Å². The number of Topliss-reactive ketones (excluding diaryl/α,β-unsaturated/α-hetero) is 1. The number of benzene rings is 3. The fourth-order valence-corrected chi connectivity index (χ4v) is 4.54. The van der Waals surface area contributed by atoms with Crippen LogP contribution in [0.5, 0.6) is 11.5 Å². The molecule has 0 aliphatic carbocycles. The van der Waals surface area contributed by atoms with E-state index in [4.69, 9.17) is 9.47 Å². The maximum Gasteiger partial charge on any atom is 0.295 e.